The number of fused-ring (bicyclic) bond motifs is 8. The Kier molecular flexibility index (Phi) is 26.9. The molecule has 12 rings (SSSR count). The Morgan fingerprint density at radius 2 is 1.11 bits per heavy atom. The van der Waals surface area contributed by atoms with Gasteiger partial charge in [-0.05, 0) is 45.4 Å². The maximum absolute atomic E-state index is 12.0. The maximum Gasteiger partial charge on any atom is 0.355 e. The van der Waals surface area contributed by atoms with Crippen LogP contribution in [0.5, 0.6) is 0 Å². The molecule has 0 saturated heterocycles. The Bertz CT molecular complexity index is 4620. The Morgan fingerprint density at radius 1 is 0.593 bits per heavy atom. The molecule has 91 heavy (non-hydrogen) atoms. The fraction of sp³-hybridized carbons (Fsp3) is 0.339. The predicted molar refractivity (Wildman–Crippen MR) is 335 cm³/mol. The minimum atomic E-state index is -0.492. The molecule has 0 spiro atoms. The highest BCUT2D eigenvalue weighted by Crippen LogP contribution is 2.26. The molecule has 0 atom stereocenters. The fourth-order valence-corrected chi connectivity index (χ4v) is 8.94. The third-order valence-corrected chi connectivity index (χ3v) is 13.2. The molecule has 35 nitrogen and oxygen atoms in total. The molecule has 0 aliphatic rings. The van der Waals surface area contributed by atoms with E-state index in [1.165, 1.54) is 9.36 Å². The first kappa shape index (κ1) is 73.4. The lowest BCUT2D eigenvalue weighted by molar-refractivity contribution is -0.141. The third-order valence-electron chi connectivity index (χ3n) is 13.2. The first-order valence-electron chi connectivity index (χ1n) is 26.7. The van der Waals surface area contributed by atoms with Crippen molar-refractivity contribution in [3.63, 3.8) is 0 Å². The van der Waals surface area contributed by atoms with E-state index >= 15 is 0 Å². The minimum absolute atomic E-state index is 0. The second-order valence-electron chi connectivity index (χ2n) is 18.6. The van der Waals surface area contributed by atoms with E-state index in [4.69, 9.17) is 25.8 Å². The van der Waals surface area contributed by atoms with Gasteiger partial charge in [-0.3, -0.25) is 56.9 Å². The van der Waals surface area contributed by atoms with Gasteiger partial charge in [-0.25, -0.2) is 30.4 Å². The van der Waals surface area contributed by atoms with E-state index in [0.717, 1.165) is 67.5 Å². The summed E-state index contributed by atoms with van der Waals surface area (Å²) >= 11 is 0. The number of aromatic nitrogens is 20. The van der Waals surface area contributed by atoms with E-state index < -0.39 is 11.9 Å². The van der Waals surface area contributed by atoms with Crippen LogP contribution in [0.1, 0.15) is 93.9 Å². The molecular formula is C56H75N23O12. The van der Waals surface area contributed by atoms with Crippen molar-refractivity contribution in [2.24, 2.45) is 70.5 Å². The number of aromatic amines is 2. The van der Waals surface area contributed by atoms with E-state index in [9.17, 15) is 38.4 Å². The standard InChI is InChI=1S/C11H13N3O3.C10H11N5O.C9H9N5O.C9H11N3O2.C6H8N2O.C5H6N2O.C5H7NO2.CH4.H2N2.H2O.H2/c1-4-17-11(16)10-7(6-15)9-8(13(10)2)5-12-14(9)3;1-13-7-5-12-14(2)8(7)6-4-11-15(3)10(16)9(6)13;1-13-6-4-11-14(2)7(6)5-3-10-12-9(15)8(5)13;1-3-14-9(13)6-4-8-7(11-6)5-10-12(8)2;1-5-3-7-8(2)6(5)4-9;1-7-5(4-8)2-3-6-7;1-2-8-5(7)3-4-6;;1-2;;/h5-6H,4H2,1-3H3;4-5H,1-3H3;3-4H,1-2H3,(H,12,15);4-5,11H,3H2,1-2H3;3-4H,1-2H3;2-4H,1H3;2-3H2,1H3;1H4;1-2H;1H2;1H. The van der Waals surface area contributed by atoms with Crippen molar-refractivity contribution in [2.75, 3.05) is 19.8 Å². The van der Waals surface area contributed by atoms with Gasteiger partial charge in [-0.2, -0.15) is 46.1 Å². The number of nitrogens with zero attached hydrogens (tertiary/aromatic N) is 19. The monoisotopic (exact) mass is 1260 g/mol. The summed E-state index contributed by atoms with van der Waals surface area (Å²) in [7, 11) is 17.8. The summed E-state index contributed by atoms with van der Waals surface area (Å²) < 4.78 is 30.8. The number of hydrogen-bond acceptors (Lipinski definition) is 22. The average molecular weight is 1260 g/mol. The first-order chi connectivity index (χ1) is 42.5. The van der Waals surface area contributed by atoms with E-state index in [1.807, 2.05) is 51.3 Å². The Labute approximate surface area is 518 Å². The van der Waals surface area contributed by atoms with Gasteiger partial charge in [-0.15, -0.1) is 0 Å². The third kappa shape index (κ3) is 16.0. The molecule has 0 aromatic carbocycles. The number of carbonyl (C=O) groups excluding carboxylic acids is 6. The van der Waals surface area contributed by atoms with Crippen LogP contribution < -0.4 is 11.1 Å². The van der Waals surface area contributed by atoms with Crippen molar-refractivity contribution in [3.05, 3.63) is 116 Å². The normalized spacial score (nSPS) is 10.1. The Hall–Kier alpha value is -11.8. The van der Waals surface area contributed by atoms with Crippen LogP contribution in [0.4, 0.5) is 0 Å². The number of hydrogen-bond donors (Lipinski definition) is 4. The SMILES string of the molecule is C.CCOC(=O)CC#N.CCOC(=O)c1c(C=O)c2c(cnn2C)n1C.CCOC(=O)c1cc2c(cnn2C)[nH]1.Cc1cnn(C)c1C=O.Cn1ncc2c1c1cn[nH]c(=O)c1n2C.Cn1ncc2c3c(cnn3C)n(C)c2c1=O.Cn1nccc1C=O.N=N.O.[HH]. The number of esters is 3. The van der Waals surface area contributed by atoms with Crippen LogP contribution in [0.2, 0.25) is 0 Å². The highest BCUT2D eigenvalue weighted by Gasteiger charge is 2.24. The van der Waals surface area contributed by atoms with Crippen molar-refractivity contribution in [1.82, 2.24) is 97.3 Å². The highest BCUT2D eigenvalue weighted by atomic mass is 16.5. The van der Waals surface area contributed by atoms with Crippen LogP contribution in [0.3, 0.4) is 0 Å². The average Bonchev–Trinajstić information content (AvgIpc) is 1.62. The number of ether oxygens (including phenoxy) is 3. The van der Waals surface area contributed by atoms with Crippen molar-refractivity contribution in [2.45, 2.75) is 41.5 Å². The zero-order valence-electron chi connectivity index (χ0n) is 51.8. The Morgan fingerprint density at radius 3 is 1.58 bits per heavy atom. The number of aryl methyl sites for hydroxylation is 11. The summed E-state index contributed by atoms with van der Waals surface area (Å²) in [6.45, 7) is 8.07. The van der Waals surface area contributed by atoms with Crippen molar-refractivity contribution in [1.29, 1.82) is 16.3 Å². The molecule has 0 radical (unpaired) electrons. The summed E-state index contributed by atoms with van der Waals surface area (Å²) in [4.78, 5) is 91.3. The molecule has 12 aromatic heterocycles. The van der Waals surface area contributed by atoms with Crippen LogP contribution in [-0.2, 0) is 89.5 Å². The molecular weight excluding hydrogens is 1190 g/mol. The van der Waals surface area contributed by atoms with Gasteiger partial charge >= 0.3 is 17.9 Å². The summed E-state index contributed by atoms with van der Waals surface area (Å²) in [5, 5.41) is 43.9. The van der Waals surface area contributed by atoms with Crippen molar-refractivity contribution >= 4 is 103 Å². The zero-order chi connectivity index (χ0) is 66.0. The Balaban J connectivity index is 0.000000368. The number of nitriles is 1. The summed E-state index contributed by atoms with van der Waals surface area (Å²) in [6.07, 6.45) is 15.5. The van der Waals surface area contributed by atoms with Gasteiger partial charge in [0.15, 0.2) is 18.9 Å². The number of nitrogens with one attached hydrogen (secondary N) is 4. The van der Waals surface area contributed by atoms with Gasteiger partial charge in [0.05, 0.1) is 130 Å². The quantitative estimate of drug-likeness (QED) is 0.0681. The molecule has 6 N–H and O–H groups in total. The molecule has 0 unspecified atom stereocenters. The predicted octanol–water partition coefficient (Wildman–Crippen LogP) is 4.18. The lowest BCUT2D eigenvalue weighted by Gasteiger charge is -2.04. The van der Waals surface area contributed by atoms with Gasteiger partial charge in [-0.1, -0.05) is 7.43 Å². The van der Waals surface area contributed by atoms with Crippen LogP contribution in [0, 0.1) is 29.3 Å². The number of carbonyl (C=O) groups is 6. The molecule has 0 fully saturated rings. The van der Waals surface area contributed by atoms with E-state index in [-0.39, 0.29) is 50.1 Å². The van der Waals surface area contributed by atoms with E-state index in [1.54, 1.807) is 152 Å². The second kappa shape index (κ2) is 33.3. The molecule has 486 valence electrons. The maximum atomic E-state index is 12.0. The lowest BCUT2D eigenvalue weighted by atomic mass is 10.2. The van der Waals surface area contributed by atoms with Crippen molar-refractivity contribution < 1.29 is 49.9 Å². The van der Waals surface area contributed by atoms with Gasteiger partial charge in [0.2, 0.25) is 0 Å². The lowest BCUT2D eigenvalue weighted by Crippen LogP contribution is -2.20. The molecule has 0 aliphatic heterocycles. The van der Waals surface area contributed by atoms with E-state index in [0.29, 0.717) is 58.7 Å². The second-order valence-corrected chi connectivity index (χ2v) is 18.6. The molecule has 12 heterocycles. The molecule has 0 saturated carbocycles. The number of rotatable bonds is 9. The van der Waals surface area contributed by atoms with Crippen molar-refractivity contribution in [3.8, 4) is 6.07 Å². The smallest absolute Gasteiger partial charge is 0.355 e. The van der Waals surface area contributed by atoms with Crippen LogP contribution in [-0.4, -0.2) is 159 Å². The summed E-state index contributed by atoms with van der Waals surface area (Å²) in [6, 6.07) is 5.07. The van der Waals surface area contributed by atoms with Gasteiger partial charge < -0.3 is 38.4 Å². The van der Waals surface area contributed by atoms with Crippen LogP contribution in [0.15, 0.2) is 71.3 Å². The fourth-order valence-electron chi connectivity index (χ4n) is 8.94. The largest absolute Gasteiger partial charge is 0.465 e. The molecule has 0 bridgehead atoms. The van der Waals surface area contributed by atoms with Crippen LogP contribution in [0.25, 0.3) is 65.9 Å². The van der Waals surface area contributed by atoms with E-state index in [2.05, 4.69) is 55.6 Å². The first-order valence-corrected chi connectivity index (χ1v) is 26.7. The molecule has 35 heteroatoms. The number of aldehydes is 3. The topological polar surface area (TPSA) is 451 Å². The highest BCUT2D eigenvalue weighted by molar-refractivity contribution is 6.08. The van der Waals surface area contributed by atoms with Gasteiger partial charge in [0, 0.05) is 78.1 Å². The molecule has 12 aromatic rings. The minimum Gasteiger partial charge on any atom is -0.465 e. The molecule has 0 amide bonds. The summed E-state index contributed by atoms with van der Waals surface area (Å²) in [5.74, 6) is -1.27. The summed E-state index contributed by atoms with van der Waals surface area (Å²) in [5.41, 5.74) is 21.2. The van der Waals surface area contributed by atoms with Crippen LogP contribution >= 0.6 is 0 Å². The zero-order valence-corrected chi connectivity index (χ0v) is 51.8. The van der Waals surface area contributed by atoms with Gasteiger partial charge in [0.25, 0.3) is 11.1 Å². The molecule has 0 aliphatic carbocycles. The van der Waals surface area contributed by atoms with Gasteiger partial charge in [0.1, 0.15) is 40.2 Å². The number of H-pyrrole nitrogens is 2.